The Morgan fingerprint density at radius 2 is 2.00 bits per heavy atom. The largest absolute Gasteiger partial charge is 0.497 e. The van der Waals surface area contributed by atoms with Crippen LogP contribution in [0.3, 0.4) is 0 Å². The van der Waals surface area contributed by atoms with Crippen LogP contribution in [0.25, 0.3) is 0 Å². The van der Waals surface area contributed by atoms with Gasteiger partial charge in [0.15, 0.2) is 5.11 Å². The highest BCUT2D eigenvalue weighted by molar-refractivity contribution is 7.80. The summed E-state index contributed by atoms with van der Waals surface area (Å²) >= 11 is 5.60. The van der Waals surface area contributed by atoms with E-state index in [0.29, 0.717) is 16.4 Å². The van der Waals surface area contributed by atoms with E-state index < -0.39 is 0 Å². The molecule has 1 aliphatic heterocycles. The molecule has 1 atom stereocenters. The van der Waals surface area contributed by atoms with Crippen LogP contribution in [0.15, 0.2) is 36.4 Å². The molecule has 0 spiro atoms. The number of likely N-dealkylation sites (tertiary alicyclic amines) is 1. The minimum atomic E-state index is -0.243. The van der Waals surface area contributed by atoms with E-state index in [1.165, 1.54) is 6.07 Å². The molecule has 2 aromatic carbocycles. The molecule has 1 N–H and O–H groups in total. The molecule has 0 amide bonds. The minimum absolute atomic E-state index is 0.117. The van der Waals surface area contributed by atoms with Crippen molar-refractivity contribution in [3.63, 3.8) is 0 Å². The summed E-state index contributed by atoms with van der Waals surface area (Å²) < 4.78 is 24.6. The van der Waals surface area contributed by atoms with Gasteiger partial charge in [-0.3, -0.25) is 0 Å². The van der Waals surface area contributed by atoms with Gasteiger partial charge in [0, 0.05) is 23.9 Å². The maximum Gasteiger partial charge on any atom is 0.173 e. The van der Waals surface area contributed by atoms with Crippen LogP contribution < -0.4 is 14.8 Å². The van der Waals surface area contributed by atoms with Crippen molar-refractivity contribution in [1.82, 2.24) is 4.90 Å². The first-order valence-corrected chi connectivity index (χ1v) is 9.00. The lowest BCUT2D eigenvalue weighted by Gasteiger charge is -2.29. The number of methoxy groups -OCH3 is 2. The summed E-state index contributed by atoms with van der Waals surface area (Å²) in [6, 6.07) is 11.0. The van der Waals surface area contributed by atoms with Crippen LogP contribution in [0.4, 0.5) is 10.1 Å². The molecule has 1 saturated heterocycles. The summed E-state index contributed by atoms with van der Waals surface area (Å²) in [5.74, 6) is 1.30. The fourth-order valence-corrected chi connectivity index (χ4v) is 3.63. The molecule has 1 fully saturated rings. The van der Waals surface area contributed by atoms with E-state index in [4.69, 9.17) is 21.7 Å². The van der Waals surface area contributed by atoms with Crippen molar-refractivity contribution in [3.05, 3.63) is 53.3 Å². The summed E-state index contributed by atoms with van der Waals surface area (Å²) in [6.45, 7) is 2.59. The molecule has 2 aromatic rings. The highest BCUT2D eigenvalue weighted by atomic mass is 32.1. The van der Waals surface area contributed by atoms with Gasteiger partial charge >= 0.3 is 0 Å². The van der Waals surface area contributed by atoms with Crippen molar-refractivity contribution in [2.24, 2.45) is 0 Å². The Morgan fingerprint density at radius 1 is 1.19 bits per heavy atom. The number of aryl methyl sites for hydroxylation is 1. The van der Waals surface area contributed by atoms with Gasteiger partial charge in [-0.1, -0.05) is 6.07 Å². The average molecular weight is 374 g/mol. The highest BCUT2D eigenvalue weighted by Crippen LogP contribution is 2.39. The second-order valence-corrected chi connectivity index (χ2v) is 6.74. The van der Waals surface area contributed by atoms with E-state index in [2.05, 4.69) is 10.2 Å². The second kappa shape index (κ2) is 7.91. The number of benzene rings is 2. The molecular formula is C20H23FN2O2S. The molecule has 0 radical (unpaired) electrons. The smallest absolute Gasteiger partial charge is 0.173 e. The maximum atomic E-state index is 13.8. The van der Waals surface area contributed by atoms with E-state index in [1.54, 1.807) is 27.2 Å². The SMILES string of the molecule is COc1ccc([C@H]2CCCN2C(=S)Nc2ccc(C)c(F)c2)c(OC)c1. The van der Waals surface area contributed by atoms with Crippen molar-refractivity contribution < 1.29 is 13.9 Å². The monoisotopic (exact) mass is 374 g/mol. The molecule has 0 saturated carbocycles. The average Bonchev–Trinajstić information content (AvgIpc) is 3.13. The van der Waals surface area contributed by atoms with Crippen LogP contribution in [-0.4, -0.2) is 30.8 Å². The third-order valence-electron chi connectivity index (χ3n) is 4.74. The van der Waals surface area contributed by atoms with Gasteiger partial charge in [-0.05, 0) is 61.8 Å². The third-order valence-corrected chi connectivity index (χ3v) is 5.07. The lowest BCUT2D eigenvalue weighted by Crippen LogP contribution is -2.34. The highest BCUT2D eigenvalue weighted by Gasteiger charge is 2.30. The normalized spacial score (nSPS) is 16.5. The van der Waals surface area contributed by atoms with Crippen LogP contribution in [0.5, 0.6) is 11.5 Å². The Hall–Kier alpha value is -2.34. The fourth-order valence-electron chi connectivity index (χ4n) is 3.29. The Labute approximate surface area is 158 Å². The molecule has 1 heterocycles. The molecule has 0 bridgehead atoms. The number of nitrogens with zero attached hydrogens (tertiary/aromatic N) is 1. The summed E-state index contributed by atoms with van der Waals surface area (Å²) in [7, 11) is 3.29. The Balaban J connectivity index is 1.81. The zero-order valence-electron chi connectivity index (χ0n) is 15.2. The Morgan fingerprint density at radius 3 is 2.69 bits per heavy atom. The number of thiocarbonyl (C=S) groups is 1. The van der Waals surface area contributed by atoms with Gasteiger partial charge in [0.1, 0.15) is 17.3 Å². The van der Waals surface area contributed by atoms with E-state index in [0.717, 1.165) is 36.4 Å². The predicted molar refractivity (Wildman–Crippen MR) is 106 cm³/mol. The van der Waals surface area contributed by atoms with E-state index in [-0.39, 0.29) is 11.9 Å². The minimum Gasteiger partial charge on any atom is -0.497 e. The van der Waals surface area contributed by atoms with Crippen molar-refractivity contribution >= 4 is 23.0 Å². The molecule has 26 heavy (non-hydrogen) atoms. The number of halogens is 1. The predicted octanol–water partition coefficient (Wildman–Crippen LogP) is 4.69. The van der Waals surface area contributed by atoms with Crippen LogP contribution in [0, 0.1) is 12.7 Å². The molecule has 138 valence electrons. The quantitative estimate of drug-likeness (QED) is 0.786. The third kappa shape index (κ3) is 3.75. The maximum absolute atomic E-state index is 13.8. The van der Waals surface area contributed by atoms with E-state index in [1.807, 2.05) is 24.3 Å². The fraction of sp³-hybridized carbons (Fsp3) is 0.350. The molecule has 0 aromatic heterocycles. The molecule has 0 unspecified atom stereocenters. The van der Waals surface area contributed by atoms with Crippen molar-refractivity contribution in [2.75, 3.05) is 26.1 Å². The van der Waals surface area contributed by atoms with Crippen LogP contribution in [-0.2, 0) is 0 Å². The number of nitrogens with one attached hydrogen (secondary N) is 1. The first-order valence-electron chi connectivity index (χ1n) is 8.59. The first kappa shape index (κ1) is 18.5. The van der Waals surface area contributed by atoms with Gasteiger partial charge in [0.2, 0.25) is 0 Å². The molecule has 1 aliphatic rings. The van der Waals surface area contributed by atoms with Crippen molar-refractivity contribution in [3.8, 4) is 11.5 Å². The number of rotatable bonds is 4. The Kier molecular flexibility index (Phi) is 5.61. The van der Waals surface area contributed by atoms with Crippen molar-refractivity contribution in [1.29, 1.82) is 0 Å². The molecular weight excluding hydrogens is 351 g/mol. The summed E-state index contributed by atoms with van der Waals surface area (Å²) in [5.41, 5.74) is 2.35. The first-order chi connectivity index (χ1) is 12.5. The van der Waals surface area contributed by atoms with E-state index in [9.17, 15) is 4.39 Å². The van der Waals surface area contributed by atoms with Crippen LogP contribution in [0.2, 0.25) is 0 Å². The molecule has 0 aliphatic carbocycles. The van der Waals surface area contributed by atoms with Gasteiger partial charge in [-0.2, -0.15) is 0 Å². The number of anilines is 1. The summed E-state index contributed by atoms with van der Waals surface area (Å²) in [4.78, 5) is 2.14. The lowest BCUT2D eigenvalue weighted by atomic mass is 10.0. The molecule has 3 rings (SSSR count). The van der Waals surface area contributed by atoms with Crippen LogP contribution >= 0.6 is 12.2 Å². The number of hydrogen-bond donors (Lipinski definition) is 1. The summed E-state index contributed by atoms with van der Waals surface area (Å²) in [6.07, 6.45) is 2.01. The van der Waals surface area contributed by atoms with Gasteiger partial charge in [-0.25, -0.2) is 4.39 Å². The van der Waals surface area contributed by atoms with Crippen LogP contribution in [0.1, 0.15) is 30.0 Å². The van der Waals surface area contributed by atoms with E-state index >= 15 is 0 Å². The summed E-state index contributed by atoms with van der Waals surface area (Å²) in [5, 5.41) is 3.75. The van der Waals surface area contributed by atoms with Gasteiger partial charge in [0.25, 0.3) is 0 Å². The van der Waals surface area contributed by atoms with Crippen molar-refractivity contribution in [2.45, 2.75) is 25.8 Å². The number of ether oxygens (including phenoxy) is 2. The van der Waals surface area contributed by atoms with Gasteiger partial charge in [-0.15, -0.1) is 0 Å². The zero-order valence-corrected chi connectivity index (χ0v) is 16.0. The topological polar surface area (TPSA) is 33.7 Å². The lowest BCUT2D eigenvalue weighted by molar-refractivity contribution is 0.362. The Bertz CT molecular complexity index is 812. The molecule has 4 nitrogen and oxygen atoms in total. The zero-order chi connectivity index (χ0) is 18.7. The standard InChI is InChI=1S/C20H23FN2O2S/c1-13-6-7-14(11-17(13)21)22-20(26)23-10-4-5-18(23)16-9-8-15(24-2)12-19(16)25-3/h6-9,11-12,18H,4-5,10H2,1-3H3,(H,22,26)/t18-/m1/s1. The van der Waals surface area contributed by atoms with Gasteiger partial charge in [0.05, 0.1) is 20.3 Å². The number of hydrogen-bond acceptors (Lipinski definition) is 3. The molecule has 6 heteroatoms. The second-order valence-electron chi connectivity index (χ2n) is 6.35. The van der Waals surface area contributed by atoms with Gasteiger partial charge < -0.3 is 19.7 Å².